The number of carboxylic acids is 3. The molecule has 5 rings (SSSR count). The summed E-state index contributed by atoms with van der Waals surface area (Å²) in [5.74, 6) is -13.7. The van der Waals surface area contributed by atoms with Crippen LogP contribution in [0.4, 0.5) is 0 Å². The highest BCUT2D eigenvalue weighted by Crippen LogP contribution is 2.22. The standard InChI is InChI=1S/C59H78N12O17S2/c1-31(72)49(70-50(78)37(61)20-21-47(74)75)58(86)71-23-9-15-46(71)57(85)67-43(27-48(76)77)55(83)68-44(29-89)56(84)65-40(24-32-10-3-2-4-11-32)52(80)66-42(26-34-28-62-38-13-6-5-12-36(34)38)54(82)63-39(14-7-8-22-60)51(79)64-41(25-33-16-18-35(73)19-17-33)53(81)69-45(30-90)59(87)88/h2-6,10-13,16-19,28,31,37,39-46,49,62,72-73,89-90H,7-9,14-15,20-27,29-30,60-61H2,1H3,(H,63,82)(H,64,79)(H,65,84)(H,66,80)(H,67,85)(H,68,83)(H,69,81)(H,70,78)(H,74,75)(H,76,77)(H,87,88)/t31-,37+,39+,40+,41+,42+,43+,44+,45+,46-,49+/m1/s1. The number of para-hydroxylation sites is 1. The van der Waals surface area contributed by atoms with Gasteiger partial charge in [-0.15, -0.1) is 0 Å². The van der Waals surface area contributed by atoms with Crippen LogP contribution in [0.2, 0.25) is 0 Å². The van der Waals surface area contributed by atoms with Gasteiger partial charge >= 0.3 is 17.9 Å². The van der Waals surface area contributed by atoms with Crippen LogP contribution in [-0.4, -0.2) is 198 Å². The third-order valence-electron chi connectivity index (χ3n) is 14.8. The Balaban J connectivity index is 1.40. The fourth-order valence-corrected chi connectivity index (χ4v) is 10.3. The van der Waals surface area contributed by atoms with E-state index in [1.807, 2.05) is 0 Å². The molecule has 90 heavy (non-hydrogen) atoms. The van der Waals surface area contributed by atoms with Gasteiger partial charge in [0.25, 0.3) is 0 Å². The highest BCUT2D eigenvalue weighted by Gasteiger charge is 2.42. The van der Waals surface area contributed by atoms with Crippen LogP contribution in [0.1, 0.15) is 75.0 Å². The number of phenols is 1. The number of phenolic OH excluding ortho intramolecular Hbond substituents is 1. The molecule has 1 aromatic heterocycles. The summed E-state index contributed by atoms with van der Waals surface area (Å²) in [4.78, 5) is 166. The second-order valence-electron chi connectivity index (χ2n) is 21.6. The van der Waals surface area contributed by atoms with Crippen molar-refractivity contribution < 1.29 is 83.1 Å². The number of aromatic amines is 1. The van der Waals surface area contributed by atoms with Crippen LogP contribution in [0.25, 0.3) is 10.9 Å². The van der Waals surface area contributed by atoms with Gasteiger partial charge < -0.3 is 89.4 Å². The number of rotatable bonds is 36. The van der Waals surface area contributed by atoms with Gasteiger partial charge in [-0.25, -0.2) is 4.79 Å². The Morgan fingerprint density at radius 1 is 0.600 bits per heavy atom. The highest BCUT2D eigenvalue weighted by atomic mass is 32.1. The lowest BCUT2D eigenvalue weighted by Crippen LogP contribution is -2.61. The summed E-state index contributed by atoms with van der Waals surface area (Å²) in [7, 11) is 0. The predicted molar refractivity (Wildman–Crippen MR) is 331 cm³/mol. The van der Waals surface area contributed by atoms with E-state index in [1.165, 1.54) is 31.2 Å². The monoisotopic (exact) mass is 1290 g/mol. The number of fused-ring (bicyclic) bond motifs is 1. The number of likely N-dealkylation sites (tertiary alicyclic amines) is 1. The number of hydrogen-bond acceptors (Lipinski definition) is 18. The van der Waals surface area contributed by atoms with Crippen LogP contribution in [0.5, 0.6) is 5.75 Å². The van der Waals surface area contributed by atoms with Crippen molar-refractivity contribution in [1.29, 1.82) is 0 Å². The molecule has 488 valence electrons. The first-order valence-electron chi connectivity index (χ1n) is 29.0. The summed E-state index contributed by atoms with van der Waals surface area (Å²) in [6.07, 6.45) is -1.47. The number of hydrogen-bond donors (Lipinski definition) is 18. The lowest BCUT2D eigenvalue weighted by atomic mass is 10.0. The zero-order chi connectivity index (χ0) is 66.2. The van der Waals surface area contributed by atoms with Crippen molar-refractivity contribution in [2.24, 2.45) is 11.5 Å². The smallest absolute Gasteiger partial charge is 0.327 e. The molecule has 1 saturated heterocycles. The predicted octanol–water partition coefficient (Wildman–Crippen LogP) is -2.11. The molecule has 31 heteroatoms. The molecule has 9 amide bonds. The van der Waals surface area contributed by atoms with Crippen LogP contribution in [0.3, 0.4) is 0 Å². The average Bonchev–Trinajstić information content (AvgIpc) is 1.77. The van der Waals surface area contributed by atoms with Crippen molar-refractivity contribution in [2.75, 3.05) is 24.6 Å². The summed E-state index contributed by atoms with van der Waals surface area (Å²) < 4.78 is 0. The largest absolute Gasteiger partial charge is 0.508 e. The SMILES string of the molecule is C[C@@H](O)[C@H](NC(=O)[C@@H](N)CCC(=O)O)C(=O)N1CCC[C@@H]1C(=O)N[C@@H](CC(=O)O)C(=O)N[C@@H](CS)C(=O)N[C@@H](Cc1ccccc1)C(=O)N[C@@H](Cc1c[nH]c2ccccc12)C(=O)N[C@@H](CCCCN)C(=O)N[C@@H](Cc1ccc(O)cc1)C(=O)N[C@@H](CS)C(=O)O. The minimum absolute atomic E-state index is 0.00221. The Labute approximate surface area is 528 Å². The van der Waals surface area contributed by atoms with E-state index in [0.29, 0.717) is 34.0 Å². The van der Waals surface area contributed by atoms with Gasteiger partial charge in [0, 0.05) is 60.8 Å². The normalized spacial score (nSPS) is 16.2. The van der Waals surface area contributed by atoms with E-state index < -0.39 is 156 Å². The maximum Gasteiger partial charge on any atom is 0.327 e. The Morgan fingerprint density at radius 2 is 1.12 bits per heavy atom. The number of carbonyl (C=O) groups excluding carboxylic acids is 9. The average molecular weight is 1290 g/mol. The van der Waals surface area contributed by atoms with Gasteiger partial charge in [0.2, 0.25) is 53.2 Å². The van der Waals surface area contributed by atoms with Gasteiger partial charge in [0.15, 0.2) is 0 Å². The molecule has 29 nitrogen and oxygen atoms in total. The summed E-state index contributed by atoms with van der Waals surface area (Å²) in [5, 5.41) is 69.8. The van der Waals surface area contributed by atoms with Crippen LogP contribution < -0.4 is 54.0 Å². The number of nitrogens with zero attached hydrogens (tertiary/aromatic N) is 1. The molecule has 0 saturated carbocycles. The fraction of sp³-hybridized carbons (Fsp3) is 0.458. The molecule has 0 bridgehead atoms. The molecule has 3 aromatic carbocycles. The van der Waals surface area contributed by atoms with Crippen molar-refractivity contribution in [1.82, 2.24) is 52.4 Å². The van der Waals surface area contributed by atoms with E-state index in [0.717, 1.165) is 4.90 Å². The van der Waals surface area contributed by atoms with Gasteiger partial charge in [-0.3, -0.25) is 52.7 Å². The summed E-state index contributed by atoms with van der Waals surface area (Å²) in [5.41, 5.74) is 13.8. The lowest BCUT2D eigenvalue weighted by Gasteiger charge is -2.31. The molecule has 1 fully saturated rings. The first-order valence-corrected chi connectivity index (χ1v) is 30.2. The van der Waals surface area contributed by atoms with Gasteiger partial charge in [-0.2, -0.15) is 25.3 Å². The second-order valence-corrected chi connectivity index (χ2v) is 22.3. The zero-order valence-corrected chi connectivity index (χ0v) is 51.0. The number of aromatic nitrogens is 1. The topological polar surface area (TPSA) is 473 Å². The molecular weight excluding hydrogens is 1210 g/mol. The molecule has 18 N–H and O–H groups in total. The van der Waals surface area contributed by atoms with E-state index in [-0.39, 0.29) is 76.0 Å². The summed E-state index contributed by atoms with van der Waals surface area (Å²) in [6.45, 7) is 1.32. The van der Waals surface area contributed by atoms with Crippen LogP contribution in [0, 0.1) is 0 Å². The maximum absolute atomic E-state index is 14.9. The van der Waals surface area contributed by atoms with Gasteiger partial charge in [-0.1, -0.05) is 60.7 Å². The Morgan fingerprint density at radius 3 is 1.69 bits per heavy atom. The molecule has 0 aliphatic carbocycles. The lowest BCUT2D eigenvalue weighted by molar-refractivity contribution is -0.145. The number of aliphatic hydroxyl groups is 1. The molecule has 4 aromatic rings. The van der Waals surface area contributed by atoms with Crippen molar-refractivity contribution >= 4 is 107 Å². The number of aliphatic hydroxyl groups excluding tert-OH is 1. The second kappa shape index (κ2) is 35.4. The number of benzene rings is 3. The molecular formula is C59H78N12O17S2. The minimum atomic E-state index is -1.89. The number of thiol groups is 2. The number of aliphatic carboxylic acids is 3. The number of nitrogens with one attached hydrogen (secondary N) is 9. The first kappa shape index (κ1) is 72.0. The number of unbranched alkanes of at least 4 members (excludes halogenated alkanes) is 1. The molecule has 1 aliphatic heterocycles. The molecule has 2 heterocycles. The molecule has 0 unspecified atom stereocenters. The van der Waals surface area contributed by atoms with Crippen LogP contribution >= 0.6 is 25.3 Å². The number of amides is 9. The van der Waals surface area contributed by atoms with E-state index in [1.54, 1.807) is 60.8 Å². The van der Waals surface area contributed by atoms with Crippen molar-refractivity contribution in [3.8, 4) is 5.75 Å². The number of aromatic hydroxyl groups is 1. The zero-order valence-electron chi connectivity index (χ0n) is 49.2. The van der Waals surface area contributed by atoms with Crippen molar-refractivity contribution in [2.45, 2.75) is 144 Å². The van der Waals surface area contributed by atoms with E-state index >= 15 is 0 Å². The minimum Gasteiger partial charge on any atom is -0.508 e. The van der Waals surface area contributed by atoms with Crippen LogP contribution in [0.15, 0.2) is 85.1 Å². The van der Waals surface area contributed by atoms with Gasteiger partial charge in [0.1, 0.15) is 60.1 Å². The first-order chi connectivity index (χ1) is 42.8. The van der Waals surface area contributed by atoms with Crippen molar-refractivity contribution in [3.05, 3.63) is 102 Å². The van der Waals surface area contributed by atoms with E-state index in [4.69, 9.17) is 16.6 Å². The van der Waals surface area contributed by atoms with E-state index in [2.05, 4.69) is 72.8 Å². The number of nitrogens with two attached hydrogens (primary N) is 2. The Kier molecular flexibility index (Phi) is 28.3. The van der Waals surface area contributed by atoms with Crippen LogP contribution in [-0.2, 0) is 76.8 Å². The number of carboxylic acid groups (broad SMARTS) is 3. The fourth-order valence-electron chi connectivity index (χ4n) is 9.83. The van der Waals surface area contributed by atoms with Gasteiger partial charge in [-0.05, 0) is 86.9 Å². The Bertz CT molecular complexity index is 3170. The molecule has 1 aliphatic rings. The maximum atomic E-state index is 14.9. The summed E-state index contributed by atoms with van der Waals surface area (Å²) in [6, 6.07) is 5.89. The quantitative estimate of drug-likeness (QED) is 0.0171. The Hall–Kier alpha value is -8.78. The third kappa shape index (κ3) is 21.8. The van der Waals surface area contributed by atoms with Gasteiger partial charge in [0.05, 0.1) is 18.6 Å². The highest BCUT2D eigenvalue weighted by molar-refractivity contribution is 7.80. The number of H-pyrrole nitrogens is 1. The number of carbonyl (C=O) groups is 12. The molecule has 11 atom stereocenters. The van der Waals surface area contributed by atoms with E-state index in [9.17, 15) is 78.0 Å². The molecule has 0 spiro atoms. The molecule has 0 radical (unpaired) electrons. The van der Waals surface area contributed by atoms with Crippen molar-refractivity contribution in [3.63, 3.8) is 0 Å². The third-order valence-corrected chi connectivity index (χ3v) is 15.5. The summed E-state index contributed by atoms with van der Waals surface area (Å²) >= 11 is 8.31.